The highest BCUT2D eigenvalue weighted by molar-refractivity contribution is 7.09. The van der Waals surface area contributed by atoms with Gasteiger partial charge in [-0.3, -0.25) is 4.79 Å². The molecule has 1 fully saturated rings. The SMILES string of the molecule is O=C(Nc1ccc(OC(F)(F)Cl)cc1)c1cnc(N2CC[C@@H](F)C2)c(-c2ccns2)c1. The predicted octanol–water partition coefficient (Wildman–Crippen LogP) is 5.17. The van der Waals surface area contributed by atoms with Gasteiger partial charge in [-0.05, 0) is 54.4 Å². The molecule has 3 heterocycles. The molecule has 11 heteroatoms. The molecule has 162 valence electrons. The van der Waals surface area contributed by atoms with Crippen molar-refractivity contribution in [3.05, 3.63) is 54.4 Å². The van der Waals surface area contributed by atoms with Crippen molar-refractivity contribution in [2.75, 3.05) is 23.3 Å². The maximum absolute atomic E-state index is 13.7. The second kappa shape index (κ2) is 8.72. The molecule has 1 aliphatic heterocycles. The normalized spacial score (nSPS) is 16.4. The van der Waals surface area contributed by atoms with Crippen molar-refractivity contribution in [1.29, 1.82) is 0 Å². The van der Waals surface area contributed by atoms with Crippen LogP contribution in [0.5, 0.6) is 5.75 Å². The van der Waals surface area contributed by atoms with Crippen LogP contribution in [-0.2, 0) is 0 Å². The van der Waals surface area contributed by atoms with Gasteiger partial charge < -0.3 is 15.0 Å². The van der Waals surface area contributed by atoms with Gasteiger partial charge in [-0.15, -0.1) is 8.78 Å². The molecule has 1 aliphatic rings. The van der Waals surface area contributed by atoms with Crippen LogP contribution in [0.1, 0.15) is 16.8 Å². The lowest BCUT2D eigenvalue weighted by molar-refractivity contribution is -0.0964. The third-order valence-corrected chi connectivity index (χ3v) is 5.47. The van der Waals surface area contributed by atoms with Crippen molar-refractivity contribution in [1.82, 2.24) is 9.36 Å². The van der Waals surface area contributed by atoms with Gasteiger partial charge in [0, 0.05) is 41.8 Å². The Balaban J connectivity index is 1.55. The molecular weight excluding hydrogens is 453 g/mol. The van der Waals surface area contributed by atoms with E-state index in [-0.39, 0.29) is 17.9 Å². The molecule has 1 atom stereocenters. The number of hydrogen-bond donors (Lipinski definition) is 1. The molecule has 0 spiro atoms. The Hall–Kier alpha value is -2.85. The molecule has 3 aromatic rings. The molecule has 31 heavy (non-hydrogen) atoms. The smallest absolute Gasteiger partial charge is 0.420 e. The van der Waals surface area contributed by atoms with E-state index in [2.05, 4.69) is 19.4 Å². The van der Waals surface area contributed by atoms with Gasteiger partial charge in [-0.25, -0.2) is 13.7 Å². The third-order valence-electron chi connectivity index (χ3n) is 4.61. The Morgan fingerprint density at radius 3 is 2.68 bits per heavy atom. The highest BCUT2D eigenvalue weighted by atomic mass is 35.5. The van der Waals surface area contributed by atoms with E-state index in [0.717, 1.165) is 4.88 Å². The number of aromatic nitrogens is 2. The summed E-state index contributed by atoms with van der Waals surface area (Å²) in [5, 5.41) is 2.68. The van der Waals surface area contributed by atoms with Gasteiger partial charge in [0.1, 0.15) is 17.7 Å². The predicted molar refractivity (Wildman–Crippen MR) is 113 cm³/mol. The van der Waals surface area contributed by atoms with Crippen LogP contribution in [0.15, 0.2) is 48.8 Å². The molecule has 0 bridgehead atoms. The third kappa shape index (κ3) is 5.26. The number of halogens is 4. The van der Waals surface area contributed by atoms with Crippen molar-refractivity contribution >= 4 is 40.5 Å². The number of pyridine rings is 1. The first-order chi connectivity index (χ1) is 14.8. The number of nitrogens with zero attached hydrogens (tertiary/aromatic N) is 3. The summed E-state index contributed by atoms with van der Waals surface area (Å²) in [6.07, 6.45) is 2.59. The fourth-order valence-corrected chi connectivity index (χ4v) is 3.92. The summed E-state index contributed by atoms with van der Waals surface area (Å²) in [5.41, 5.74) is -2.46. The zero-order chi connectivity index (χ0) is 22.0. The van der Waals surface area contributed by atoms with Crippen LogP contribution in [0.25, 0.3) is 10.4 Å². The lowest BCUT2D eigenvalue weighted by Crippen LogP contribution is -2.22. The minimum Gasteiger partial charge on any atom is -0.420 e. The average molecular weight is 469 g/mol. The number of amides is 1. The molecular formula is C20H16ClF3N4O2S. The van der Waals surface area contributed by atoms with Crippen LogP contribution in [-0.4, -0.2) is 40.1 Å². The van der Waals surface area contributed by atoms with E-state index in [0.29, 0.717) is 30.0 Å². The van der Waals surface area contributed by atoms with Crippen molar-refractivity contribution < 1.29 is 22.7 Å². The van der Waals surface area contributed by atoms with Gasteiger partial charge in [0.15, 0.2) is 0 Å². The van der Waals surface area contributed by atoms with E-state index in [1.54, 1.807) is 18.3 Å². The van der Waals surface area contributed by atoms with Crippen LogP contribution in [0.2, 0.25) is 0 Å². The summed E-state index contributed by atoms with van der Waals surface area (Å²) >= 11 is 5.99. The quantitative estimate of drug-likeness (QED) is 0.505. The topological polar surface area (TPSA) is 67.3 Å². The van der Waals surface area contributed by atoms with Crippen molar-refractivity contribution in [2.24, 2.45) is 0 Å². The largest absolute Gasteiger partial charge is 0.487 e. The van der Waals surface area contributed by atoms with Crippen LogP contribution >= 0.6 is 23.1 Å². The summed E-state index contributed by atoms with van der Waals surface area (Å²) < 4.78 is 47.4. The van der Waals surface area contributed by atoms with Crippen molar-refractivity contribution in [2.45, 2.75) is 18.2 Å². The number of ether oxygens (including phenoxy) is 1. The van der Waals surface area contributed by atoms with E-state index in [4.69, 9.17) is 11.6 Å². The summed E-state index contributed by atoms with van der Waals surface area (Å²) in [4.78, 5) is 19.8. The molecule has 0 unspecified atom stereocenters. The molecule has 6 nitrogen and oxygen atoms in total. The molecule has 0 aliphatic carbocycles. The zero-order valence-corrected chi connectivity index (χ0v) is 17.5. The number of rotatable bonds is 6. The summed E-state index contributed by atoms with van der Waals surface area (Å²) in [6, 6.07) is 8.83. The Labute approximate surface area is 184 Å². The van der Waals surface area contributed by atoms with Gasteiger partial charge in [-0.1, -0.05) is 0 Å². The minimum absolute atomic E-state index is 0.145. The Morgan fingerprint density at radius 2 is 2.06 bits per heavy atom. The van der Waals surface area contributed by atoms with Gasteiger partial charge in [0.25, 0.3) is 5.91 Å². The molecule has 2 aromatic heterocycles. The number of anilines is 2. The first kappa shape index (κ1) is 21.4. The standard InChI is InChI=1S/C20H16ClF3N4O2S/c21-20(23,24)30-15-3-1-14(2-4-15)27-19(29)12-9-16(17-5-7-26-31-17)18(25-10-12)28-8-6-13(22)11-28/h1-5,7,9-10,13H,6,8,11H2,(H,27,29)/t13-/m1/s1. The Kier molecular flexibility index (Phi) is 6.01. The molecule has 0 saturated carbocycles. The summed E-state index contributed by atoms with van der Waals surface area (Å²) in [6.45, 7) is 0.793. The van der Waals surface area contributed by atoms with Crippen LogP contribution in [0.3, 0.4) is 0 Å². The Morgan fingerprint density at radius 1 is 1.29 bits per heavy atom. The maximum Gasteiger partial charge on any atom is 0.487 e. The van der Waals surface area contributed by atoms with E-state index in [1.165, 1.54) is 42.0 Å². The monoisotopic (exact) mass is 468 g/mol. The average Bonchev–Trinajstić information content (AvgIpc) is 3.40. The first-order valence-corrected chi connectivity index (χ1v) is 10.4. The highest BCUT2D eigenvalue weighted by Crippen LogP contribution is 2.34. The van der Waals surface area contributed by atoms with Gasteiger partial charge in [0.2, 0.25) is 0 Å². The van der Waals surface area contributed by atoms with Gasteiger partial charge in [0.05, 0.1) is 17.0 Å². The molecule has 1 aromatic carbocycles. The number of hydrogen-bond acceptors (Lipinski definition) is 6. The number of alkyl halides is 4. The minimum atomic E-state index is -3.82. The van der Waals surface area contributed by atoms with E-state index < -0.39 is 17.6 Å². The molecule has 1 N–H and O–H groups in total. The van der Waals surface area contributed by atoms with Crippen LogP contribution in [0.4, 0.5) is 24.7 Å². The number of benzene rings is 1. The molecule has 0 radical (unpaired) electrons. The lowest BCUT2D eigenvalue weighted by atomic mass is 10.1. The van der Waals surface area contributed by atoms with Crippen molar-refractivity contribution in [3.63, 3.8) is 0 Å². The van der Waals surface area contributed by atoms with Crippen LogP contribution < -0.4 is 15.0 Å². The van der Waals surface area contributed by atoms with Crippen LogP contribution in [0, 0.1) is 0 Å². The van der Waals surface area contributed by atoms with Gasteiger partial charge in [-0.2, -0.15) is 0 Å². The zero-order valence-electron chi connectivity index (χ0n) is 15.9. The first-order valence-electron chi connectivity index (χ1n) is 9.26. The van der Waals surface area contributed by atoms with E-state index in [1.807, 2.05) is 4.90 Å². The summed E-state index contributed by atoms with van der Waals surface area (Å²) in [5.74, 6) is 0.0173. The fraction of sp³-hybridized carbons (Fsp3) is 0.250. The molecule has 1 saturated heterocycles. The summed E-state index contributed by atoms with van der Waals surface area (Å²) in [7, 11) is 0. The lowest BCUT2D eigenvalue weighted by Gasteiger charge is -2.20. The fourth-order valence-electron chi connectivity index (χ4n) is 3.22. The van der Waals surface area contributed by atoms with E-state index in [9.17, 15) is 18.0 Å². The maximum atomic E-state index is 13.7. The number of carbonyl (C=O) groups excluding carboxylic acids is 1. The second-order valence-electron chi connectivity index (χ2n) is 6.83. The number of nitrogens with one attached hydrogen (secondary N) is 1. The van der Waals surface area contributed by atoms with Crippen molar-refractivity contribution in [3.8, 4) is 16.2 Å². The molecule has 1 amide bonds. The highest BCUT2D eigenvalue weighted by Gasteiger charge is 2.28. The second-order valence-corrected chi connectivity index (χ2v) is 8.10. The molecule has 4 rings (SSSR count). The Bertz CT molecular complexity index is 1060. The van der Waals surface area contributed by atoms with E-state index >= 15 is 0 Å². The number of carbonyl (C=O) groups is 1. The van der Waals surface area contributed by atoms with Gasteiger partial charge >= 0.3 is 5.57 Å².